The van der Waals surface area contributed by atoms with Crippen LogP contribution in [0.25, 0.3) is 0 Å². The van der Waals surface area contributed by atoms with E-state index in [4.69, 9.17) is 0 Å². The van der Waals surface area contributed by atoms with Crippen molar-refractivity contribution < 1.29 is 8.42 Å². The summed E-state index contributed by atoms with van der Waals surface area (Å²) >= 11 is 1.17. The summed E-state index contributed by atoms with van der Waals surface area (Å²) in [4.78, 5) is 4.17. The van der Waals surface area contributed by atoms with Gasteiger partial charge in [0.05, 0.1) is 11.9 Å². The Morgan fingerprint density at radius 3 is 2.54 bits per heavy atom. The van der Waals surface area contributed by atoms with Gasteiger partial charge < -0.3 is 5.32 Å². The van der Waals surface area contributed by atoms with Gasteiger partial charge in [-0.2, -0.15) is 0 Å². The molecule has 2 N–H and O–H groups in total. The van der Waals surface area contributed by atoms with Crippen LogP contribution in [0, 0.1) is 13.8 Å². The molecule has 2 aromatic heterocycles. The molecule has 2 heterocycles. The molecule has 7 heteroatoms. The lowest BCUT2D eigenvalue weighted by Gasteiger charge is -2.11. The van der Waals surface area contributed by atoms with Crippen molar-refractivity contribution in [3.05, 3.63) is 65.2 Å². The Morgan fingerprint density at radius 1 is 1.08 bits per heavy atom. The number of hydrogen-bond acceptors (Lipinski definition) is 5. The van der Waals surface area contributed by atoms with Crippen LogP contribution in [0.1, 0.15) is 11.1 Å². The standard InChI is InChI=1S/C17H17N3O2S2/c1-12-5-7-15(13(2)10-12)19-14-6-8-16(18-11-14)20-24(21,22)17-4-3-9-23-17/h3-11,19H,1-2H3,(H,18,20). The number of aryl methyl sites for hydroxylation is 2. The lowest BCUT2D eigenvalue weighted by atomic mass is 10.1. The molecule has 0 amide bonds. The molecule has 0 unspecified atom stereocenters. The van der Waals surface area contributed by atoms with E-state index in [0.29, 0.717) is 0 Å². The molecule has 0 radical (unpaired) electrons. The minimum absolute atomic E-state index is 0.266. The first-order valence-corrected chi connectivity index (χ1v) is 9.67. The minimum atomic E-state index is -3.57. The van der Waals surface area contributed by atoms with Crippen LogP contribution >= 0.6 is 11.3 Å². The van der Waals surface area contributed by atoms with Crippen molar-refractivity contribution >= 4 is 38.6 Å². The first-order chi connectivity index (χ1) is 11.4. The number of nitrogens with zero attached hydrogens (tertiary/aromatic N) is 1. The zero-order valence-corrected chi connectivity index (χ0v) is 14.9. The van der Waals surface area contributed by atoms with Gasteiger partial charge in [-0.15, -0.1) is 11.3 Å². The molecule has 0 atom stereocenters. The number of aromatic nitrogens is 1. The van der Waals surface area contributed by atoms with Crippen LogP contribution < -0.4 is 10.0 Å². The Bertz CT molecular complexity index is 934. The summed E-state index contributed by atoms with van der Waals surface area (Å²) in [6.07, 6.45) is 1.60. The van der Waals surface area contributed by atoms with E-state index in [-0.39, 0.29) is 10.0 Å². The predicted molar refractivity (Wildman–Crippen MR) is 98.6 cm³/mol. The third-order valence-corrected chi connectivity index (χ3v) is 6.18. The quantitative estimate of drug-likeness (QED) is 0.712. The van der Waals surface area contributed by atoms with Gasteiger partial charge in [-0.3, -0.25) is 4.72 Å². The molecule has 24 heavy (non-hydrogen) atoms. The topological polar surface area (TPSA) is 71.1 Å². The molecule has 124 valence electrons. The van der Waals surface area contributed by atoms with E-state index in [1.165, 1.54) is 16.9 Å². The average molecular weight is 359 g/mol. The van der Waals surface area contributed by atoms with E-state index < -0.39 is 10.0 Å². The smallest absolute Gasteiger partial charge is 0.272 e. The Balaban J connectivity index is 1.74. The fourth-order valence-electron chi connectivity index (χ4n) is 2.24. The summed E-state index contributed by atoms with van der Waals surface area (Å²) < 4.78 is 27.1. The van der Waals surface area contributed by atoms with Gasteiger partial charge in [0.15, 0.2) is 0 Å². The monoisotopic (exact) mass is 359 g/mol. The van der Waals surface area contributed by atoms with E-state index in [1.54, 1.807) is 35.8 Å². The number of anilines is 3. The van der Waals surface area contributed by atoms with E-state index >= 15 is 0 Å². The second-order valence-corrected chi connectivity index (χ2v) is 8.27. The van der Waals surface area contributed by atoms with Crippen LogP contribution in [0.5, 0.6) is 0 Å². The SMILES string of the molecule is Cc1ccc(Nc2ccc(NS(=O)(=O)c3cccs3)nc2)c(C)c1. The van der Waals surface area contributed by atoms with E-state index in [1.807, 2.05) is 26.0 Å². The fraction of sp³-hybridized carbons (Fsp3) is 0.118. The second-order valence-electron chi connectivity index (χ2n) is 5.41. The summed E-state index contributed by atoms with van der Waals surface area (Å²) in [6, 6.07) is 12.8. The molecule has 5 nitrogen and oxygen atoms in total. The van der Waals surface area contributed by atoms with Gasteiger partial charge in [0, 0.05) is 5.69 Å². The maximum absolute atomic E-state index is 12.2. The first kappa shape index (κ1) is 16.5. The highest BCUT2D eigenvalue weighted by Gasteiger charge is 2.15. The molecule has 0 bridgehead atoms. The lowest BCUT2D eigenvalue weighted by Crippen LogP contribution is -2.12. The molecule has 3 rings (SSSR count). The van der Waals surface area contributed by atoms with Gasteiger partial charge in [0.2, 0.25) is 0 Å². The second kappa shape index (κ2) is 6.62. The first-order valence-electron chi connectivity index (χ1n) is 7.31. The zero-order valence-electron chi connectivity index (χ0n) is 13.3. The van der Waals surface area contributed by atoms with E-state index in [0.717, 1.165) is 16.9 Å². The van der Waals surface area contributed by atoms with Crippen LogP contribution in [0.4, 0.5) is 17.2 Å². The molecule has 0 aliphatic heterocycles. The molecular formula is C17H17N3O2S2. The van der Waals surface area contributed by atoms with Crippen LogP contribution in [0.3, 0.4) is 0 Å². The Morgan fingerprint density at radius 2 is 1.92 bits per heavy atom. The molecular weight excluding hydrogens is 342 g/mol. The highest BCUT2D eigenvalue weighted by molar-refractivity contribution is 7.94. The highest BCUT2D eigenvalue weighted by Crippen LogP contribution is 2.23. The van der Waals surface area contributed by atoms with Crippen molar-refractivity contribution in [2.75, 3.05) is 10.0 Å². The van der Waals surface area contributed by atoms with Gasteiger partial charge >= 0.3 is 0 Å². The van der Waals surface area contributed by atoms with Crippen LogP contribution in [-0.4, -0.2) is 13.4 Å². The third kappa shape index (κ3) is 3.74. The fourth-order valence-corrected chi connectivity index (χ4v) is 4.24. The summed E-state index contributed by atoms with van der Waals surface area (Å²) in [5.74, 6) is 0.287. The molecule has 1 aromatic carbocycles. The summed E-state index contributed by atoms with van der Waals surface area (Å²) in [5.41, 5.74) is 4.13. The number of rotatable bonds is 5. The number of thiophene rings is 1. The predicted octanol–water partition coefficient (Wildman–Crippen LogP) is 4.30. The van der Waals surface area contributed by atoms with Gasteiger partial charge in [-0.1, -0.05) is 23.8 Å². The zero-order chi connectivity index (χ0) is 17.2. The van der Waals surface area contributed by atoms with Crippen molar-refractivity contribution in [2.45, 2.75) is 18.1 Å². The van der Waals surface area contributed by atoms with Crippen molar-refractivity contribution in [2.24, 2.45) is 0 Å². The molecule has 3 aromatic rings. The summed E-state index contributed by atoms with van der Waals surface area (Å²) in [6.45, 7) is 4.08. The van der Waals surface area contributed by atoms with Crippen molar-refractivity contribution in [1.29, 1.82) is 0 Å². The van der Waals surface area contributed by atoms with Gasteiger partial charge in [0.25, 0.3) is 10.0 Å². The van der Waals surface area contributed by atoms with E-state index in [2.05, 4.69) is 21.1 Å². The Kier molecular flexibility index (Phi) is 4.55. The highest BCUT2D eigenvalue weighted by atomic mass is 32.2. The number of hydrogen-bond donors (Lipinski definition) is 2. The van der Waals surface area contributed by atoms with Gasteiger partial charge in [0.1, 0.15) is 10.0 Å². The van der Waals surface area contributed by atoms with Gasteiger partial charge in [-0.25, -0.2) is 13.4 Å². The summed E-state index contributed by atoms with van der Waals surface area (Å²) in [7, 11) is -3.57. The molecule has 0 saturated heterocycles. The third-order valence-electron chi connectivity index (χ3n) is 3.42. The maximum atomic E-state index is 12.2. The number of benzene rings is 1. The Labute approximate surface area is 145 Å². The summed E-state index contributed by atoms with van der Waals surface area (Å²) in [5, 5.41) is 5.00. The van der Waals surface area contributed by atoms with Crippen molar-refractivity contribution in [3.63, 3.8) is 0 Å². The van der Waals surface area contributed by atoms with Crippen LogP contribution in [0.2, 0.25) is 0 Å². The number of nitrogens with one attached hydrogen (secondary N) is 2. The normalized spacial score (nSPS) is 11.2. The average Bonchev–Trinajstić information content (AvgIpc) is 3.07. The number of pyridine rings is 1. The lowest BCUT2D eigenvalue weighted by molar-refractivity contribution is 0.603. The number of sulfonamides is 1. The molecule has 0 aliphatic rings. The minimum Gasteiger partial charge on any atom is -0.354 e. The molecule has 0 spiro atoms. The van der Waals surface area contributed by atoms with Crippen molar-refractivity contribution in [3.8, 4) is 0 Å². The van der Waals surface area contributed by atoms with E-state index in [9.17, 15) is 8.42 Å². The maximum Gasteiger partial charge on any atom is 0.272 e. The van der Waals surface area contributed by atoms with Crippen LogP contribution in [0.15, 0.2) is 58.3 Å². The van der Waals surface area contributed by atoms with Crippen LogP contribution in [-0.2, 0) is 10.0 Å². The largest absolute Gasteiger partial charge is 0.354 e. The Hall–Kier alpha value is -2.38. The van der Waals surface area contributed by atoms with Crippen molar-refractivity contribution in [1.82, 2.24) is 4.98 Å². The molecule has 0 aliphatic carbocycles. The molecule has 0 saturated carbocycles. The molecule has 0 fully saturated rings. The van der Waals surface area contributed by atoms with Gasteiger partial charge in [-0.05, 0) is 49.1 Å².